The molecule has 18 aromatic carbocycles. The van der Waals surface area contributed by atoms with Crippen molar-refractivity contribution in [2.45, 2.75) is 113 Å². The highest BCUT2D eigenvalue weighted by Crippen LogP contribution is 2.51. The lowest BCUT2D eigenvalue weighted by Crippen LogP contribution is -2.36. The van der Waals surface area contributed by atoms with E-state index < -0.39 is 65.0 Å². The molecule has 2 aromatic heterocycles. The van der Waals surface area contributed by atoms with Gasteiger partial charge in [0.1, 0.15) is 18.3 Å². The first-order valence-electron chi connectivity index (χ1n) is 38.9. The van der Waals surface area contributed by atoms with Gasteiger partial charge in [-0.15, -0.1) is 11.8 Å². The molecule has 5 N–H and O–H groups in total. The Kier molecular flexibility index (Phi) is 18.1. The zero-order chi connectivity index (χ0) is 77.4. The first kappa shape index (κ1) is 71.7. The molecule has 20 aromatic rings. The molecule has 3 aliphatic rings. The van der Waals surface area contributed by atoms with Gasteiger partial charge in [-0.1, -0.05) is 272 Å². The van der Waals surface area contributed by atoms with Gasteiger partial charge in [0, 0.05) is 30.3 Å². The Morgan fingerprint density at radius 2 is 0.823 bits per heavy atom. The van der Waals surface area contributed by atoms with Crippen LogP contribution in [0.1, 0.15) is 94.0 Å². The molecule has 0 bridgehead atoms. The number of rotatable bonds is 9. The summed E-state index contributed by atoms with van der Waals surface area (Å²) in [6, 6.07) is 87.3. The van der Waals surface area contributed by atoms with Gasteiger partial charge in [-0.25, -0.2) is 4.79 Å². The number of hydrogen-bond acceptors (Lipinski definition) is 12. The summed E-state index contributed by atoms with van der Waals surface area (Å²) in [4.78, 5) is 40.4. The lowest BCUT2D eigenvalue weighted by Gasteiger charge is -2.22. The standard InChI is InChI=1S/C27H18.C23H18.C20H20N2O5S.C19H16.C9H10N2O5/c1-14(2)21-13-19-10-9-17-6-4-15-3-5-16-7-8-18-11-12-20(21)27-25(18)23(16)22(15)24(17)26(19)27;1-14(2)16-12-13-21-19-9-4-7-15-6-3-8-18(22(15)19)20-11-5-10-17(16)23(20)21;23-10-15-17(25)18(19(27-15)22-8-7-16(24)21-20(22)26)28-11-12-5-6-13-3-1-2-4-14(13)9-12;1-12(2)16-10-8-15-7-6-13-4-3-5-14-9-11-17(16)19(15)18(13)14;12-3-4-6(14)7-8(15-4)11-2-1-5(13)10-9(11)16-7/h3-14H,1-2H3;3-14H,1-2H3;1-9,15,17-19,23,25H,10-11H2,(H,21,24,26);3-12H,1-2H3;1-2,4,6-8,12,14H,3H2/t;;15-,17+,18?,19-;;4-,6+,7?,8-/m..1.1/s1. The second-order valence-corrected chi connectivity index (χ2v) is 32.5. The Morgan fingerprint density at radius 3 is 1.43 bits per heavy atom. The van der Waals surface area contributed by atoms with Crippen LogP contribution in [0.5, 0.6) is 6.01 Å². The Bertz CT molecular complexity index is 7090. The van der Waals surface area contributed by atoms with Crippen LogP contribution in [-0.4, -0.2) is 88.5 Å². The van der Waals surface area contributed by atoms with E-state index in [0.717, 1.165) is 16.3 Å². The largest absolute Gasteiger partial charge is 0.453 e. The van der Waals surface area contributed by atoms with Crippen molar-refractivity contribution in [2.24, 2.45) is 0 Å². The van der Waals surface area contributed by atoms with Gasteiger partial charge >= 0.3 is 11.7 Å². The number of ether oxygens (including phenoxy) is 3. The van der Waals surface area contributed by atoms with E-state index in [4.69, 9.17) is 19.3 Å². The quantitative estimate of drug-likeness (QED) is 0.0678. The summed E-state index contributed by atoms with van der Waals surface area (Å²) >= 11 is 1.45. The number of H-pyrrole nitrogens is 1. The van der Waals surface area contributed by atoms with Crippen molar-refractivity contribution in [1.29, 1.82) is 0 Å². The van der Waals surface area contributed by atoms with Crippen LogP contribution in [0.25, 0.3) is 151 Å². The van der Waals surface area contributed by atoms with E-state index in [-0.39, 0.29) is 19.2 Å². The van der Waals surface area contributed by atoms with Crippen molar-refractivity contribution in [1.82, 2.24) is 19.1 Å². The molecular weight excluding hydrogens is 1430 g/mol. The number of nitrogens with zero attached hydrogens (tertiary/aromatic N) is 3. The SMILES string of the molecule is CC(C)c1cc2ccc3ccc4ccc5ccc6ccc1c1c6c5c4c3c21.CC(C)c1ccc2c3cccc4cccc(c5cccc1c52)c43.CC(C)c1ccc2ccc3cccc4ccc1c2c34.O=c1ccn([C@@H]2O[C@H](CO)[C@H](O)C2SCc2ccc3ccccc3c2)c(=O)[nH]1.O=c1ccn2c(n1)OC1[C@@H](O)[C@@H](CO)O[C@H]12. The average Bonchev–Trinajstić information content (AvgIpc) is 1.17. The van der Waals surface area contributed by atoms with Crippen LogP contribution in [-0.2, 0) is 15.2 Å². The van der Waals surface area contributed by atoms with Crippen molar-refractivity contribution >= 4 is 163 Å². The molecule has 0 spiro atoms. The molecule has 0 amide bonds. The van der Waals surface area contributed by atoms with Gasteiger partial charge in [0.2, 0.25) is 0 Å². The number of aromatic nitrogens is 4. The van der Waals surface area contributed by atoms with Crippen LogP contribution >= 0.6 is 11.8 Å². The van der Waals surface area contributed by atoms with Crippen LogP contribution < -0.4 is 21.5 Å². The van der Waals surface area contributed by atoms with Crippen molar-refractivity contribution in [3.63, 3.8) is 0 Å². The van der Waals surface area contributed by atoms with E-state index in [1.807, 2.05) is 36.4 Å². The Morgan fingerprint density at radius 1 is 0.389 bits per heavy atom. The van der Waals surface area contributed by atoms with Crippen molar-refractivity contribution in [3.8, 4) is 6.01 Å². The summed E-state index contributed by atoms with van der Waals surface area (Å²) in [6.45, 7) is 13.1. The normalized spacial score (nSPS) is 18.8. The van der Waals surface area contributed by atoms with E-state index in [0.29, 0.717) is 23.5 Å². The summed E-state index contributed by atoms with van der Waals surface area (Å²) < 4.78 is 19.2. The number of fused-ring (bicyclic) bond motifs is 6. The number of aromatic amines is 1. The number of aliphatic hydroxyl groups is 4. The molecule has 2 unspecified atom stereocenters. The third-order valence-corrected chi connectivity index (χ3v) is 25.1. The summed E-state index contributed by atoms with van der Waals surface area (Å²) in [5.74, 6) is 2.20. The van der Waals surface area contributed by atoms with E-state index >= 15 is 0 Å². The third-order valence-electron chi connectivity index (χ3n) is 23.7. The zero-order valence-corrected chi connectivity index (χ0v) is 64.0. The van der Waals surface area contributed by atoms with Gasteiger partial charge in [-0.2, -0.15) is 4.98 Å². The second kappa shape index (κ2) is 28.5. The highest BCUT2D eigenvalue weighted by molar-refractivity contribution is 7.99. The van der Waals surface area contributed by atoms with Crippen LogP contribution in [0.4, 0.5) is 0 Å². The predicted molar refractivity (Wildman–Crippen MR) is 462 cm³/mol. The van der Waals surface area contributed by atoms with E-state index in [1.165, 1.54) is 202 Å². The molecule has 14 nitrogen and oxygen atoms in total. The van der Waals surface area contributed by atoms with Gasteiger partial charge in [0.15, 0.2) is 18.6 Å². The van der Waals surface area contributed by atoms with Gasteiger partial charge < -0.3 is 34.6 Å². The van der Waals surface area contributed by atoms with Crippen LogP contribution in [0.3, 0.4) is 0 Å². The Hall–Kier alpha value is -11.6. The average molecular weight is 1510 g/mol. The minimum absolute atomic E-state index is 0.137. The zero-order valence-electron chi connectivity index (χ0n) is 63.2. The van der Waals surface area contributed by atoms with Crippen molar-refractivity contribution in [2.75, 3.05) is 13.2 Å². The number of aliphatic hydroxyl groups excluding tert-OH is 4. The molecule has 3 aliphatic heterocycles. The summed E-state index contributed by atoms with van der Waals surface area (Å²) in [5.41, 5.74) is 3.92. The fourth-order valence-corrected chi connectivity index (χ4v) is 19.7. The lowest BCUT2D eigenvalue weighted by molar-refractivity contribution is -0.0457. The number of thioether (sulfide) groups is 1. The molecule has 8 atom stereocenters. The van der Waals surface area contributed by atoms with Crippen molar-refractivity contribution < 1.29 is 34.6 Å². The molecule has 113 heavy (non-hydrogen) atoms. The molecule has 0 aliphatic carbocycles. The molecule has 560 valence electrons. The first-order valence-corrected chi connectivity index (χ1v) is 40.0. The minimum atomic E-state index is -0.945. The predicted octanol–water partition coefficient (Wildman–Crippen LogP) is 20.1. The van der Waals surface area contributed by atoms with Gasteiger partial charge in [-0.05, 0) is 191 Å². The fourth-order valence-electron chi connectivity index (χ4n) is 18.4. The van der Waals surface area contributed by atoms with Crippen LogP contribution in [0, 0.1) is 0 Å². The molecule has 2 fully saturated rings. The minimum Gasteiger partial charge on any atom is -0.453 e. The highest BCUT2D eigenvalue weighted by Gasteiger charge is 2.51. The van der Waals surface area contributed by atoms with E-state index in [9.17, 15) is 29.7 Å². The summed E-state index contributed by atoms with van der Waals surface area (Å²) in [7, 11) is 0. The molecule has 15 heteroatoms. The molecule has 5 heterocycles. The monoisotopic (exact) mass is 1510 g/mol. The molecule has 0 saturated carbocycles. The van der Waals surface area contributed by atoms with Crippen LogP contribution in [0.15, 0.2) is 269 Å². The second-order valence-electron chi connectivity index (χ2n) is 31.3. The van der Waals surface area contributed by atoms with Gasteiger partial charge in [0.05, 0.1) is 24.6 Å². The highest BCUT2D eigenvalue weighted by atomic mass is 32.2. The maximum Gasteiger partial charge on any atom is 0.330 e. The van der Waals surface area contributed by atoms with Gasteiger partial charge in [-0.3, -0.25) is 23.7 Å². The van der Waals surface area contributed by atoms with E-state index in [1.54, 1.807) is 0 Å². The topological polar surface area (TPSA) is 198 Å². The maximum absolute atomic E-state index is 12.2. The maximum atomic E-state index is 12.2. The third kappa shape index (κ3) is 12.0. The smallest absolute Gasteiger partial charge is 0.330 e. The molecule has 2 saturated heterocycles. The Balaban J connectivity index is 0.0000000962. The summed E-state index contributed by atoms with van der Waals surface area (Å²) in [5, 5.41) is 76.9. The number of nitrogens with one attached hydrogen (secondary N) is 1. The lowest BCUT2D eigenvalue weighted by atomic mass is 9.80. The summed E-state index contributed by atoms with van der Waals surface area (Å²) in [6.07, 6.45) is -2.42. The molecule has 0 radical (unpaired) electrons. The van der Waals surface area contributed by atoms with E-state index in [2.05, 4.69) is 246 Å². The number of benzene rings is 18. The Labute approximate surface area is 653 Å². The van der Waals surface area contributed by atoms with Crippen molar-refractivity contribution in [3.05, 3.63) is 308 Å². The first-order chi connectivity index (χ1) is 55.0. The van der Waals surface area contributed by atoms with Gasteiger partial charge in [0.25, 0.3) is 11.1 Å². The molecular formula is C98H82N4O10S. The van der Waals surface area contributed by atoms with Crippen LogP contribution in [0.2, 0.25) is 0 Å². The fraction of sp³-hybridized carbons (Fsp3) is 0.204. The number of hydrogen-bond donors (Lipinski definition) is 5. The molecule has 23 rings (SSSR count).